The lowest BCUT2D eigenvalue weighted by Gasteiger charge is -2.23. The van der Waals surface area contributed by atoms with Crippen molar-refractivity contribution in [2.75, 3.05) is 6.54 Å². The van der Waals surface area contributed by atoms with Gasteiger partial charge in [-0.3, -0.25) is 0 Å². The third-order valence-electron chi connectivity index (χ3n) is 4.50. The maximum atomic E-state index is 11.4. The number of hydrogen-bond donors (Lipinski definition) is 3. The summed E-state index contributed by atoms with van der Waals surface area (Å²) in [6.07, 6.45) is 6.61. The summed E-state index contributed by atoms with van der Waals surface area (Å²) in [4.78, 5) is 17.1. The fourth-order valence-corrected chi connectivity index (χ4v) is 4.11. The summed E-state index contributed by atoms with van der Waals surface area (Å²) >= 11 is 3.67. The molecule has 1 aliphatic carbocycles. The minimum Gasteiger partial charge on any atom is -0.310 e. The maximum Gasteiger partial charge on any atom is 0.323 e. The fourth-order valence-electron chi connectivity index (χ4n) is 3.49. The molecule has 1 fully saturated rings. The van der Waals surface area contributed by atoms with Gasteiger partial charge in [0.15, 0.2) is 0 Å². The number of H-pyrrole nitrogens is 2. The van der Waals surface area contributed by atoms with E-state index in [4.69, 9.17) is 0 Å². The van der Waals surface area contributed by atoms with Crippen LogP contribution in [0.3, 0.4) is 0 Å². The molecule has 4 nitrogen and oxygen atoms in total. The molecule has 1 atom stereocenters. The van der Waals surface area contributed by atoms with Crippen LogP contribution in [-0.2, 0) is 0 Å². The molecular formula is C16H22BrN3O. The number of aromatic nitrogens is 2. The number of imidazole rings is 1. The van der Waals surface area contributed by atoms with Crippen LogP contribution >= 0.6 is 15.9 Å². The number of rotatable bonds is 5. The average molecular weight is 352 g/mol. The summed E-state index contributed by atoms with van der Waals surface area (Å²) in [5, 5.41) is 3.61. The Bertz CT molecular complexity index is 670. The van der Waals surface area contributed by atoms with Crippen molar-refractivity contribution in [3.8, 4) is 0 Å². The second-order valence-corrected chi connectivity index (χ2v) is 6.85. The van der Waals surface area contributed by atoms with E-state index in [9.17, 15) is 4.79 Å². The van der Waals surface area contributed by atoms with E-state index < -0.39 is 0 Å². The highest BCUT2D eigenvalue weighted by Gasteiger charge is 2.22. The van der Waals surface area contributed by atoms with E-state index in [2.05, 4.69) is 44.2 Å². The van der Waals surface area contributed by atoms with E-state index in [0.29, 0.717) is 6.04 Å². The summed E-state index contributed by atoms with van der Waals surface area (Å²) in [6.45, 7) is 3.10. The van der Waals surface area contributed by atoms with Crippen LogP contribution in [0.15, 0.2) is 21.4 Å². The molecule has 3 N–H and O–H groups in total. The molecule has 1 unspecified atom stereocenters. The molecule has 0 spiro atoms. The summed E-state index contributed by atoms with van der Waals surface area (Å²) in [7, 11) is 0. The van der Waals surface area contributed by atoms with Crippen molar-refractivity contribution >= 4 is 27.0 Å². The third kappa shape index (κ3) is 3.24. The van der Waals surface area contributed by atoms with Crippen molar-refractivity contribution in [3.63, 3.8) is 0 Å². The van der Waals surface area contributed by atoms with Crippen molar-refractivity contribution in [2.45, 2.75) is 45.1 Å². The molecule has 3 rings (SSSR count). The minimum absolute atomic E-state index is 0.148. The monoisotopic (exact) mass is 351 g/mol. The van der Waals surface area contributed by atoms with E-state index in [1.807, 2.05) is 6.07 Å². The number of nitrogens with one attached hydrogen (secondary N) is 3. The van der Waals surface area contributed by atoms with Gasteiger partial charge >= 0.3 is 5.69 Å². The second kappa shape index (κ2) is 6.36. The lowest BCUT2D eigenvalue weighted by atomic mass is 9.93. The number of benzene rings is 1. The average Bonchev–Trinajstić information content (AvgIpc) is 3.05. The molecule has 1 aromatic heterocycles. The topological polar surface area (TPSA) is 60.7 Å². The number of aromatic amines is 2. The van der Waals surface area contributed by atoms with E-state index in [-0.39, 0.29) is 5.69 Å². The first-order valence-electron chi connectivity index (χ1n) is 7.82. The van der Waals surface area contributed by atoms with Crippen molar-refractivity contribution in [1.82, 2.24) is 15.3 Å². The zero-order chi connectivity index (χ0) is 14.8. The first-order chi connectivity index (χ1) is 10.2. The Labute approximate surface area is 132 Å². The van der Waals surface area contributed by atoms with Crippen LogP contribution in [0.5, 0.6) is 0 Å². The normalized spacial score (nSPS) is 17.6. The molecule has 0 radical (unpaired) electrons. The zero-order valence-electron chi connectivity index (χ0n) is 12.3. The third-order valence-corrected chi connectivity index (χ3v) is 5.19. The molecule has 114 valence electrons. The first-order valence-corrected chi connectivity index (χ1v) is 8.61. The summed E-state index contributed by atoms with van der Waals surface area (Å²) in [5.74, 6) is 0.821. The standard InChI is InChI=1S/C16H22BrN3O/c1-2-18-13(7-10-5-3-4-6-10)11-8-14-15(9-12(11)17)20-16(21)19-14/h8-10,13,18H,2-7H2,1H3,(H2,19,20,21). The van der Waals surface area contributed by atoms with Gasteiger partial charge in [-0.1, -0.05) is 48.5 Å². The molecule has 2 aromatic rings. The number of hydrogen-bond acceptors (Lipinski definition) is 2. The molecule has 5 heteroatoms. The van der Waals surface area contributed by atoms with Gasteiger partial charge in [-0.05, 0) is 36.6 Å². The van der Waals surface area contributed by atoms with Gasteiger partial charge in [0.25, 0.3) is 0 Å². The fraction of sp³-hybridized carbons (Fsp3) is 0.562. The predicted octanol–water partition coefficient (Wildman–Crippen LogP) is 3.85. The lowest BCUT2D eigenvalue weighted by molar-refractivity contribution is 0.400. The summed E-state index contributed by atoms with van der Waals surface area (Å²) < 4.78 is 1.06. The predicted molar refractivity (Wildman–Crippen MR) is 89.6 cm³/mol. The van der Waals surface area contributed by atoms with Crippen LogP contribution in [0.4, 0.5) is 0 Å². The largest absolute Gasteiger partial charge is 0.323 e. The minimum atomic E-state index is -0.148. The van der Waals surface area contributed by atoms with Gasteiger partial charge in [0.1, 0.15) is 0 Å². The molecule has 1 aromatic carbocycles. The van der Waals surface area contributed by atoms with E-state index in [1.54, 1.807) is 0 Å². The van der Waals surface area contributed by atoms with Crippen LogP contribution in [0.1, 0.15) is 50.6 Å². The van der Waals surface area contributed by atoms with Crippen LogP contribution in [0.25, 0.3) is 11.0 Å². The Morgan fingerprint density at radius 1 is 1.29 bits per heavy atom. The van der Waals surface area contributed by atoms with Crippen molar-refractivity contribution in [1.29, 1.82) is 0 Å². The van der Waals surface area contributed by atoms with E-state index in [1.165, 1.54) is 37.7 Å². The van der Waals surface area contributed by atoms with E-state index in [0.717, 1.165) is 28.0 Å². The van der Waals surface area contributed by atoms with Gasteiger partial charge < -0.3 is 15.3 Å². The molecule has 1 saturated carbocycles. The van der Waals surface area contributed by atoms with Crippen molar-refractivity contribution in [2.24, 2.45) is 5.92 Å². The van der Waals surface area contributed by atoms with Gasteiger partial charge in [-0.25, -0.2) is 4.79 Å². The van der Waals surface area contributed by atoms with Crippen molar-refractivity contribution in [3.05, 3.63) is 32.7 Å². The second-order valence-electron chi connectivity index (χ2n) is 5.99. The molecule has 0 aliphatic heterocycles. The zero-order valence-corrected chi connectivity index (χ0v) is 13.9. The SMILES string of the molecule is CCNC(CC1CCCC1)c1cc2[nH]c(=O)[nH]c2cc1Br. The molecule has 0 saturated heterocycles. The summed E-state index contributed by atoms with van der Waals surface area (Å²) in [5.41, 5.74) is 2.83. The van der Waals surface area contributed by atoms with Gasteiger partial charge in [0.2, 0.25) is 0 Å². The number of halogens is 1. The first kappa shape index (κ1) is 14.9. The maximum absolute atomic E-state index is 11.4. The van der Waals surface area contributed by atoms with Gasteiger partial charge in [0, 0.05) is 10.5 Å². The Morgan fingerprint density at radius 3 is 2.62 bits per heavy atom. The van der Waals surface area contributed by atoms with Gasteiger partial charge in [-0.15, -0.1) is 0 Å². The quantitative estimate of drug-likeness (QED) is 0.766. The summed E-state index contributed by atoms with van der Waals surface area (Å²) in [6, 6.07) is 4.44. The molecule has 0 amide bonds. The van der Waals surface area contributed by atoms with E-state index >= 15 is 0 Å². The Morgan fingerprint density at radius 2 is 1.95 bits per heavy atom. The Kier molecular flexibility index (Phi) is 4.50. The molecule has 1 aliphatic rings. The highest BCUT2D eigenvalue weighted by Crippen LogP contribution is 2.36. The Balaban J connectivity index is 1.92. The number of fused-ring (bicyclic) bond motifs is 1. The molecule has 21 heavy (non-hydrogen) atoms. The van der Waals surface area contributed by atoms with Gasteiger partial charge in [-0.2, -0.15) is 0 Å². The molecule has 0 bridgehead atoms. The van der Waals surface area contributed by atoms with Crippen LogP contribution < -0.4 is 11.0 Å². The highest BCUT2D eigenvalue weighted by atomic mass is 79.9. The van der Waals surface area contributed by atoms with Gasteiger partial charge in [0.05, 0.1) is 11.0 Å². The van der Waals surface area contributed by atoms with Crippen molar-refractivity contribution < 1.29 is 0 Å². The smallest absolute Gasteiger partial charge is 0.310 e. The lowest BCUT2D eigenvalue weighted by Crippen LogP contribution is -2.23. The highest BCUT2D eigenvalue weighted by molar-refractivity contribution is 9.10. The van der Waals surface area contributed by atoms with Crippen LogP contribution in [-0.4, -0.2) is 16.5 Å². The molecule has 1 heterocycles. The van der Waals surface area contributed by atoms with Crippen LogP contribution in [0.2, 0.25) is 0 Å². The van der Waals surface area contributed by atoms with Crippen LogP contribution in [0, 0.1) is 5.92 Å². The molecular weight excluding hydrogens is 330 g/mol. The Hall–Kier alpha value is -1.07.